The Balaban J connectivity index is 4.20. The third-order valence-electron chi connectivity index (χ3n) is 12.1. The van der Waals surface area contributed by atoms with Gasteiger partial charge in [-0.25, -0.2) is 0 Å². The summed E-state index contributed by atoms with van der Waals surface area (Å²) >= 11 is 0. The van der Waals surface area contributed by atoms with E-state index in [4.69, 9.17) is 14.2 Å². The van der Waals surface area contributed by atoms with Crippen molar-refractivity contribution in [1.82, 2.24) is 0 Å². The zero-order valence-electron chi connectivity index (χ0n) is 42.1. The first kappa shape index (κ1) is 60.6. The van der Waals surface area contributed by atoms with Crippen LogP contribution < -0.4 is 0 Å². The normalized spacial score (nSPS) is 12.2. The van der Waals surface area contributed by atoms with Crippen molar-refractivity contribution in [3.05, 3.63) is 36.5 Å². The number of esters is 3. The second-order valence-electron chi connectivity index (χ2n) is 18.5. The molecule has 0 aromatic rings. The van der Waals surface area contributed by atoms with Crippen molar-refractivity contribution in [3.63, 3.8) is 0 Å². The number of carbonyl (C=O) groups is 3. The van der Waals surface area contributed by atoms with E-state index in [2.05, 4.69) is 57.2 Å². The summed E-state index contributed by atoms with van der Waals surface area (Å²) in [7, 11) is 0. The van der Waals surface area contributed by atoms with Gasteiger partial charge in [0.2, 0.25) is 0 Å². The van der Waals surface area contributed by atoms with Crippen molar-refractivity contribution in [2.75, 3.05) is 13.2 Å². The Morgan fingerprint density at radius 2 is 0.571 bits per heavy atom. The topological polar surface area (TPSA) is 78.9 Å². The maximum atomic E-state index is 12.8. The summed E-state index contributed by atoms with van der Waals surface area (Å²) in [6.45, 7) is 6.59. The lowest BCUT2D eigenvalue weighted by Crippen LogP contribution is -2.30. The number of hydrogen-bond acceptors (Lipinski definition) is 6. The standard InChI is InChI=1S/C57H104O6/c1-4-7-10-13-16-18-20-22-24-26-27-28-29-31-32-34-36-38-41-44-47-50-56(59)62-53-54(52-61-55(58)49-46-43-40-15-12-9-6-3)63-57(60)51-48-45-42-39-37-35-33-30-25-23-21-19-17-14-11-8-5-2/h17,19,23,25-27,54H,4-16,18,20-22,24,28-53H2,1-3H3/b19-17-,25-23-,27-26-. The van der Waals surface area contributed by atoms with Gasteiger partial charge in [0.15, 0.2) is 6.10 Å². The van der Waals surface area contributed by atoms with E-state index >= 15 is 0 Å². The fourth-order valence-electron chi connectivity index (χ4n) is 7.94. The van der Waals surface area contributed by atoms with Crippen LogP contribution in [0.15, 0.2) is 36.5 Å². The summed E-state index contributed by atoms with van der Waals surface area (Å²) < 4.78 is 16.8. The lowest BCUT2D eigenvalue weighted by Gasteiger charge is -2.18. The van der Waals surface area contributed by atoms with Crippen LogP contribution in [0.25, 0.3) is 0 Å². The number of unbranched alkanes of at least 4 members (excludes halogenated alkanes) is 33. The lowest BCUT2D eigenvalue weighted by molar-refractivity contribution is -0.167. The minimum atomic E-state index is -0.772. The van der Waals surface area contributed by atoms with E-state index in [0.717, 1.165) is 70.6 Å². The molecule has 6 nitrogen and oxygen atoms in total. The molecule has 0 saturated carbocycles. The van der Waals surface area contributed by atoms with Crippen LogP contribution in [0.1, 0.15) is 290 Å². The van der Waals surface area contributed by atoms with E-state index in [-0.39, 0.29) is 31.1 Å². The first-order valence-corrected chi connectivity index (χ1v) is 27.5. The second kappa shape index (κ2) is 52.3. The highest BCUT2D eigenvalue weighted by molar-refractivity contribution is 5.71. The van der Waals surface area contributed by atoms with Crippen LogP contribution in [0, 0.1) is 0 Å². The molecule has 0 amide bonds. The van der Waals surface area contributed by atoms with E-state index in [1.165, 1.54) is 180 Å². The molecule has 0 radical (unpaired) electrons. The van der Waals surface area contributed by atoms with E-state index in [1.807, 2.05) is 0 Å². The molecule has 0 aromatic carbocycles. The summed E-state index contributed by atoms with van der Waals surface area (Å²) in [5, 5.41) is 0. The van der Waals surface area contributed by atoms with Crippen LogP contribution in [-0.2, 0) is 28.6 Å². The predicted molar refractivity (Wildman–Crippen MR) is 270 cm³/mol. The van der Waals surface area contributed by atoms with Crippen LogP contribution in [0.5, 0.6) is 0 Å². The van der Waals surface area contributed by atoms with Crippen molar-refractivity contribution < 1.29 is 28.6 Å². The summed E-state index contributed by atoms with van der Waals surface area (Å²) in [6, 6.07) is 0. The van der Waals surface area contributed by atoms with Crippen molar-refractivity contribution in [3.8, 4) is 0 Å². The van der Waals surface area contributed by atoms with Gasteiger partial charge in [0.1, 0.15) is 13.2 Å². The number of ether oxygens (including phenoxy) is 3. The molecule has 1 unspecified atom stereocenters. The highest BCUT2D eigenvalue weighted by Crippen LogP contribution is 2.15. The van der Waals surface area contributed by atoms with Crippen LogP contribution in [0.3, 0.4) is 0 Å². The lowest BCUT2D eigenvalue weighted by atomic mass is 10.1. The molecule has 0 aliphatic carbocycles. The third kappa shape index (κ3) is 50.5. The molecule has 0 aromatic heterocycles. The molecule has 6 heteroatoms. The van der Waals surface area contributed by atoms with Crippen molar-refractivity contribution in [2.24, 2.45) is 0 Å². The monoisotopic (exact) mass is 885 g/mol. The smallest absolute Gasteiger partial charge is 0.306 e. The van der Waals surface area contributed by atoms with Gasteiger partial charge in [0.25, 0.3) is 0 Å². The van der Waals surface area contributed by atoms with Crippen molar-refractivity contribution in [1.29, 1.82) is 0 Å². The molecule has 0 aliphatic heterocycles. The summed E-state index contributed by atoms with van der Waals surface area (Å²) in [4.78, 5) is 37.9. The Morgan fingerprint density at radius 3 is 0.921 bits per heavy atom. The Morgan fingerprint density at radius 1 is 0.317 bits per heavy atom. The maximum Gasteiger partial charge on any atom is 0.306 e. The van der Waals surface area contributed by atoms with Gasteiger partial charge in [-0.1, -0.05) is 231 Å². The van der Waals surface area contributed by atoms with Gasteiger partial charge in [-0.2, -0.15) is 0 Å². The molecule has 0 bridgehead atoms. The Bertz CT molecular complexity index is 1060. The number of rotatable bonds is 50. The molecule has 0 heterocycles. The molecular weight excluding hydrogens is 781 g/mol. The molecule has 0 fully saturated rings. The minimum absolute atomic E-state index is 0.0741. The summed E-state index contributed by atoms with van der Waals surface area (Å²) in [5.41, 5.74) is 0. The van der Waals surface area contributed by atoms with Gasteiger partial charge in [0, 0.05) is 19.3 Å². The maximum absolute atomic E-state index is 12.8. The summed E-state index contributed by atoms with van der Waals surface area (Å²) in [6.07, 6.45) is 61.5. The average molecular weight is 885 g/mol. The number of allylic oxidation sites excluding steroid dienone is 6. The first-order valence-electron chi connectivity index (χ1n) is 27.5. The van der Waals surface area contributed by atoms with Crippen LogP contribution in [0.4, 0.5) is 0 Å². The molecule has 0 N–H and O–H groups in total. The van der Waals surface area contributed by atoms with Gasteiger partial charge in [-0.05, 0) is 77.0 Å². The SMILES string of the molecule is CCCCC/C=C\C/C=C\CCCCCCCCCC(=O)OC(COC(=O)CCCCCCCCC)COC(=O)CCCCCCCCCCC/C=C\CCCCCCCCCC. The Kier molecular flexibility index (Phi) is 50.3. The van der Waals surface area contributed by atoms with Gasteiger partial charge in [-0.15, -0.1) is 0 Å². The second-order valence-corrected chi connectivity index (χ2v) is 18.5. The summed E-state index contributed by atoms with van der Waals surface area (Å²) in [5.74, 6) is -0.879. The van der Waals surface area contributed by atoms with E-state index in [9.17, 15) is 14.4 Å². The zero-order valence-corrected chi connectivity index (χ0v) is 42.1. The van der Waals surface area contributed by atoms with Gasteiger partial charge < -0.3 is 14.2 Å². The number of carbonyl (C=O) groups excluding carboxylic acids is 3. The van der Waals surface area contributed by atoms with Crippen molar-refractivity contribution in [2.45, 2.75) is 297 Å². The largest absolute Gasteiger partial charge is 0.462 e. The van der Waals surface area contributed by atoms with E-state index in [0.29, 0.717) is 19.3 Å². The Hall–Kier alpha value is -2.37. The van der Waals surface area contributed by atoms with E-state index < -0.39 is 6.10 Å². The molecule has 0 spiro atoms. The first-order chi connectivity index (χ1) is 31.0. The van der Waals surface area contributed by atoms with Crippen LogP contribution in [-0.4, -0.2) is 37.2 Å². The Labute approximate surface area is 391 Å². The molecule has 1 atom stereocenters. The van der Waals surface area contributed by atoms with Crippen molar-refractivity contribution >= 4 is 17.9 Å². The fourth-order valence-corrected chi connectivity index (χ4v) is 7.94. The molecular formula is C57H104O6. The number of hydrogen-bond donors (Lipinski definition) is 0. The predicted octanol–water partition coefficient (Wildman–Crippen LogP) is 18.1. The fraction of sp³-hybridized carbons (Fsp3) is 0.842. The molecule has 0 saturated heterocycles. The molecule has 0 rings (SSSR count). The third-order valence-corrected chi connectivity index (χ3v) is 12.1. The highest BCUT2D eigenvalue weighted by Gasteiger charge is 2.19. The molecule has 63 heavy (non-hydrogen) atoms. The van der Waals surface area contributed by atoms with Gasteiger partial charge >= 0.3 is 17.9 Å². The zero-order chi connectivity index (χ0) is 45.8. The van der Waals surface area contributed by atoms with Gasteiger partial charge in [-0.3, -0.25) is 14.4 Å². The van der Waals surface area contributed by atoms with E-state index in [1.54, 1.807) is 0 Å². The van der Waals surface area contributed by atoms with Crippen LogP contribution >= 0.6 is 0 Å². The average Bonchev–Trinajstić information content (AvgIpc) is 3.28. The highest BCUT2D eigenvalue weighted by atomic mass is 16.6. The molecule has 368 valence electrons. The minimum Gasteiger partial charge on any atom is -0.462 e. The van der Waals surface area contributed by atoms with Gasteiger partial charge in [0.05, 0.1) is 0 Å². The van der Waals surface area contributed by atoms with Crippen LogP contribution in [0.2, 0.25) is 0 Å². The molecule has 0 aliphatic rings. The quantitative estimate of drug-likeness (QED) is 0.0262.